The highest BCUT2D eigenvalue weighted by atomic mass is 19.1. The van der Waals surface area contributed by atoms with Crippen molar-refractivity contribution < 1.29 is 23.8 Å². The molecule has 0 heterocycles. The Kier molecular flexibility index (Phi) is 9.22. The van der Waals surface area contributed by atoms with E-state index in [4.69, 9.17) is 9.47 Å². The summed E-state index contributed by atoms with van der Waals surface area (Å²) in [6, 6.07) is 20.2. The van der Waals surface area contributed by atoms with Crippen LogP contribution in [0.5, 0.6) is 11.5 Å². The molecule has 0 saturated heterocycles. The van der Waals surface area contributed by atoms with E-state index < -0.39 is 0 Å². The summed E-state index contributed by atoms with van der Waals surface area (Å²) in [4.78, 5) is 12.8. The van der Waals surface area contributed by atoms with Crippen LogP contribution in [-0.4, -0.2) is 29.8 Å². The van der Waals surface area contributed by atoms with E-state index in [2.05, 4.69) is 11.4 Å². The molecule has 0 aliphatic rings. The molecule has 0 aromatic heterocycles. The van der Waals surface area contributed by atoms with Crippen molar-refractivity contribution in [2.45, 2.75) is 45.4 Å². The topological polar surface area (TPSA) is 91.6 Å². The van der Waals surface area contributed by atoms with Gasteiger partial charge in [-0.2, -0.15) is 5.26 Å². The van der Waals surface area contributed by atoms with Gasteiger partial charge in [-0.25, -0.2) is 4.39 Å². The minimum absolute atomic E-state index is 0.0750. The first-order chi connectivity index (χ1) is 16.9. The van der Waals surface area contributed by atoms with Crippen LogP contribution in [0.2, 0.25) is 0 Å². The Bertz CT molecular complexity index is 1160. The molecule has 3 aromatic carbocycles. The first kappa shape index (κ1) is 25.7. The van der Waals surface area contributed by atoms with Gasteiger partial charge in [0.1, 0.15) is 30.0 Å². The second kappa shape index (κ2) is 12.5. The molecule has 0 aliphatic heterocycles. The molecule has 0 bridgehead atoms. The molecular formula is C28H29FN2O4. The van der Waals surface area contributed by atoms with Gasteiger partial charge < -0.3 is 19.9 Å². The summed E-state index contributed by atoms with van der Waals surface area (Å²) in [6.45, 7) is 3.99. The average Bonchev–Trinajstić information content (AvgIpc) is 2.84. The molecule has 3 aromatic rings. The van der Waals surface area contributed by atoms with Crippen LogP contribution in [0.4, 0.5) is 4.39 Å². The first-order valence-electron chi connectivity index (χ1n) is 11.5. The zero-order valence-electron chi connectivity index (χ0n) is 19.8. The van der Waals surface area contributed by atoms with E-state index in [9.17, 15) is 19.6 Å². The smallest absolute Gasteiger partial charge is 0.251 e. The van der Waals surface area contributed by atoms with Gasteiger partial charge in [-0.3, -0.25) is 4.79 Å². The maximum atomic E-state index is 13.0. The predicted molar refractivity (Wildman–Crippen MR) is 131 cm³/mol. The number of hydrogen-bond acceptors (Lipinski definition) is 5. The lowest BCUT2D eigenvalue weighted by Crippen LogP contribution is -2.37. The highest BCUT2D eigenvalue weighted by Gasteiger charge is 2.16. The number of halogens is 1. The van der Waals surface area contributed by atoms with E-state index in [-0.39, 0.29) is 30.5 Å². The molecule has 2 N–H and O–H groups in total. The summed E-state index contributed by atoms with van der Waals surface area (Å²) >= 11 is 0. The number of nitriles is 1. The van der Waals surface area contributed by atoms with Crippen LogP contribution >= 0.6 is 0 Å². The molecule has 0 radical (unpaired) electrons. The highest BCUT2D eigenvalue weighted by molar-refractivity contribution is 5.95. The fourth-order valence-electron chi connectivity index (χ4n) is 3.52. The number of carbonyl (C=O) groups excluding carboxylic acids is 1. The fourth-order valence-corrected chi connectivity index (χ4v) is 3.52. The third-order valence-corrected chi connectivity index (χ3v) is 5.26. The monoisotopic (exact) mass is 476 g/mol. The van der Waals surface area contributed by atoms with Gasteiger partial charge in [0, 0.05) is 18.2 Å². The Morgan fingerprint density at radius 3 is 2.37 bits per heavy atom. The second-order valence-electron chi connectivity index (χ2n) is 8.44. The number of amides is 1. The van der Waals surface area contributed by atoms with Crippen molar-refractivity contribution in [2.24, 2.45) is 0 Å². The van der Waals surface area contributed by atoms with Crippen molar-refractivity contribution in [2.75, 3.05) is 6.61 Å². The summed E-state index contributed by atoms with van der Waals surface area (Å²) in [6.07, 6.45) is 0.814. The molecule has 0 aliphatic carbocycles. The highest BCUT2D eigenvalue weighted by Crippen LogP contribution is 2.21. The van der Waals surface area contributed by atoms with Crippen LogP contribution in [0.3, 0.4) is 0 Å². The Morgan fingerprint density at radius 2 is 1.74 bits per heavy atom. The number of carbonyl (C=O) groups is 1. The number of ether oxygens (including phenoxy) is 2. The van der Waals surface area contributed by atoms with E-state index in [1.54, 1.807) is 24.3 Å². The maximum Gasteiger partial charge on any atom is 0.251 e. The van der Waals surface area contributed by atoms with Crippen LogP contribution < -0.4 is 14.8 Å². The fraction of sp³-hybridized carbons (Fsp3) is 0.286. The summed E-state index contributed by atoms with van der Waals surface area (Å²) in [5.41, 5.74) is 2.48. The van der Waals surface area contributed by atoms with E-state index >= 15 is 0 Å². The molecule has 35 heavy (non-hydrogen) atoms. The van der Waals surface area contributed by atoms with Crippen LogP contribution in [0.25, 0.3) is 0 Å². The normalized spacial score (nSPS) is 11.5. The van der Waals surface area contributed by atoms with Crippen molar-refractivity contribution in [1.29, 1.82) is 5.26 Å². The van der Waals surface area contributed by atoms with Gasteiger partial charge in [-0.15, -0.1) is 0 Å². The molecule has 0 unspecified atom stereocenters. The molecule has 1 atom stereocenters. The summed E-state index contributed by atoms with van der Waals surface area (Å²) < 4.78 is 24.4. The van der Waals surface area contributed by atoms with E-state index in [1.807, 2.05) is 38.1 Å². The van der Waals surface area contributed by atoms with Gasteiger partial charge >= 0.3 is 0 Å². The van der Waals surface area contributed by atoms with E-state index in [1.165, 1.54) is 18.2 Å². The Hall–Kier alpha value is -3.89. The maximum absolute atomic E-state index is 13.0. The molecular weight excluding hydrogens is 447 g/mol. The van der Waals surface area contributed by atoms with Gasteiger partial charge in [-0.05, 0) is 80.3 Å². The van der Waals surface area contributed by atoms with Crippen LogP contribution in [-0.2, 0) is 13.0 Å². The summed E-state index contributed by atoms with van der Waals surface area (Å²) in [5.74, 6) is 0.502. The number of nitrogens with zero attached hydrogens (tertiary/aromatic N) is 1. The number of benzene rings is 3. The van der Waals surface area contributed by atoms with Crippen molar-refractivity contribution in [3.8, 4) is 17.6 Å². The average molecular weight is 477 g/mol. The molecule has 0 fully saturated rings. The van der Waals surface area contributed by atoms with E-state index in [0.29, 0.717) is 42.1 Å². The zero-order valence-corrected chi connectivity index (χ0v) is 19.8. The lowest BCUT2D eigenvalue weighted by molar-refractivity contribution is 0.0930. The van der Waals surface area contributed by atoms with Gasteiger partial charge in [0.25, 0.3) is 5.91 Å². The number of nitrogens with one attached hydrogen (secondary N) is 1. The number of aliphatic hydroxyl groups excluding tert-OH is 1. The van der Waals surface area contributed by atoms with Crippen molar-refractivity contribution in [1.82, 2.24) is 5.32 Å². The first-order valence-corrected chi connectivity index (χ1v) is 11.5. The lowest BCUT2D eigenvalue weighted by Gasteiger charge is -2.19. The number of rotatable bonds is 11. The van der Waals surface area contributed by atoms with Gasteiger partial charge in [-0.1, -0.05) is 24.3 Å². The third-order valence-electron chi connectivity index (χ3n) is 5.26. The van der Waals surface area contributed by atoms with Crippen LogP contribution in [0.1, 0.15) is 47.3 Å². The third kappa shape index (κ3) is 7.83. The second-order valence-corrected chi connectivity index (χ2v) is 8.44. The Labute approximate surface area is 204 Å². The molecule has 3 rings (SSSR count). The van der Waals surface area contributed by atoms with Gasteiger partial charge in [0.05, 0.1) is 11.7 Å². The lowest BCUT2D eigenvalue weighted by atomic mass is 10.0. The number of hydrogen-bond donors (Lipinski definition) is 2. The standard InChI is InChI=1S/C28H29FN2O4/c1-19(2)35-27-12-7-22(16-23(27)17-30)28(33)31-25(13-14-32)15-20-5-10-26(11-6-20)34-18-21-3-8-24(29)9-4-21/h3-12,16,19,25,32H,13-15,18H2,1-2H3,(H,31,33)/t25-/m1/s1. The van der Waals surface area contributed by atoms with Crippen molar-refractivity contribution >= 4 is 5.91 Å². The molecule has 182 valence electrons. The molecule has 0 saturated carbocycles. The summed E-state index contributed by atoms with van der Waals surface area (Å²) in [7, 11) is 0. The quantitative estimate of drug-likeness (QED) is 0.415. The number of aliphatic hydroxyl groups is 1. The zero-order chi connectivity index (χ0) is 25.2. The molecule has 7 heteroatoms. The summed E-state index contributed by atoms with van der Waals surface area (Å²) in [5, 5.41) is 21.8. The largest absolute Gasteiger partial charge is 0.490 e. The molecule has 6 nitrogen and oxygen atoms in total. The van der Waals surface area contributed by atoms with Crippen LogP contribution in [0, 0.1) is 17.1 Å². The Balaban J connectivity index is 1.61. The Morgan fingerprint density at radius 1 is 1.06 bits per heavy atom. The molecule has 0 spiro atoms. The van der Waals surface area contributed by atoms with Crippen molar-refractivity contribution in [3.05, 3.63) is 94.8 Å². The minimum atomic E-state index is -0.324. The van der Waals surface area contributed by atoms with Gasteiger partial charge in [0.15, 0.2) is 0 Å². The van der Waals surface area contributed by atoms with Crippen molar-refractivity contribution in [3.63, 3.8) is 0 Å². The van der Waals surface area contributed by atoms with Crippen LogP contribution in [0.15, 0.2) is 66.7 Å². The van der Waals surface area contributed by atoms with Gasteiger partial charge in [0.2, 0.25) is 0 Å². The van der Waals surface area contributed by atoms with E-state index in [0.717, 1.165) is 11.1 Å². The SMILES string of the molecule is CC(C)Oc1ccc(C(=O)N[C@H](CCO)Cc2ccc(OCc3ccc(F)cc3)cc2)cc1C#N. The predicted octanol–water partition coefficient (Wildman–Crippen LogP) is 4.79. The molecule has 1 amide bonds. The minimum Gasteiger partial charge on any atom is -0.490 e.